The van der Waals surface area contributed by atoms with E-state index in [-0.39, 0.29) is 30.3 Å². The van der Waals surface area contributed by atoms with Crippen LogP contribution in [0.1, 0.15) is 45.2 Å². The van der Waals surface area contributed by atoms with Crippen molar-refractivity contribution in [3.63, 3.8) is 0 Å². The molecule has 3 saturated carbocycles. The molecule has 1 aromatic heterocycles. The molecule has 0 radical (unpaired) electrons. The first kappa shape index (κ1) is 19.4. The molecule has 0 unspecified atom stereocenters. The maximum Gasteiger partial charge on any atom is 0.522 e. The zero-order chi connectivity index (χ0) is 20.3. The van der Waals surface area contributed by atoms with Crippen molar-refractivity contribution in [3.8, 4) is 0 Å². The smallest absolute Gasteiger partial charge is 0.359 e. The largest absolute Gasteiger partial charge is 0.522 e. The van der Waals surface area contributed by atoms with Crippen molar-refractivity contribution in [1.82, 2.24) is 14.9 Å². The Morgan fingerprint density at radius 3 is 2.64 bits per heavy atom. The van der Waals surface area contributed by atoms with Gasteiger partial charge in [-0.25, -0.2) is 14.4 Å². The van der Waals surface area contributed by atoms with Gasteiger partial charge in [-0.2, -0.15) is 0 Å². The van der Waals surface area contributed by atoms with Crippen LogP contribution in [0.5, 0.6) is 0 Å². The van der Waals surface area contributed by atoms with Crippen LogP contribution in [0, 0.1) is 0 Å². The third-order valence-electron chi connectivity index (χ3n) is 6.03. The van der Waals surface area contributed by atoms with E-state index in [2.05, 4.69) is 20.0 Å². The van der Waals surface area contributed by atoms with Gasteiger partial charge in [-0.05, 0) is 39.5 Å². The Labute approximate surface area is 159 Å². The molecule has 154 valence electrons. The van der Waals surface area contributed by atoms with Crippen LogP contribution in [0.15, 0.2) is 12.4 Å². The second-order valence-electron chi connectivity index (χ2n) is 8.38. The minimum atomic E-state index is -4.72. The average Bonchev–Trinajstić information content (AvgIpc) is 2.88. The third kappa shape index (κ3) is 3.42. The van der Waals surface area contributed by atoms with E-state index in [4.69, 9.17) is 0 Å². The summed E-state index contributed by atoms with van der Waals surface area (Å²) in [5, 5.41) is 2.99. The van der Waals surface area contributed by atoms with E-state index in [9.17, 15) is 22.4 Å². The Balaban J connectivity index is 1.37. The normalized spacial score (nSPS) is 35.1. The summed E-state index contributed by atoms with van der Waals surface area (Å²) in [5.41, 5.74) is -0.493. The van der Waals surface area contributed by atoms with Gasteiger partial charge in [0, 0.05) is 24.1 Å². The number of nitrogens with one attached hydrogen (secondary N) is 1. The Morgan fingerprint density at radius 1 is 1.36 bits per heavy atom. The van der Waals surface area contributed by atoms with Crippen molar-refractivity contribution >= 4 is 11.7 Å². The number of hydrogen-bond donors (Lipinski definition) is 1. The van der Waals surface area contributed by atoms with Crippen LogP contribution in [-0.4, -0.2) is 57.5 Å². The predicted molar refractivity (Wildman–Crippen MR) is 91.2 cm³/mol. The molecule has 5 rings (SSSR count). The number of hydrogen-bond acceptors (Lipinski definition) is 5. The molecule has 3 atom stereocenters. The Kier molecular flexibility index (Phi) is 4.33. The van der Waals surface area contributed by atoms with Gasteiger partial charge in [-0.1, -0.05) is 0 Å². The van der Waals surface area contributed by atoms with Gasteiger partial charge in [-0.3, -0.25) is 9.53 Å². The summed E-state index contributed by atoms with van der Waals surface area (Å²) in [4.78, 5) is 22.5. The lowest BCUT2D eigenvalue weighted by atomic mass is 9.41. The van der Waals surface area contributed by atoms with Gasteiger partial charge in [0.2, 0.25) is 5.91 Å². The number of ether oxygens (including phenoxy) is 1. The first-order chi connectivity index (χ1) is 13.0. The SMILES string of the molecule is C[C@@H](Nc1cc(C23CC(F)(C2)C3)ncn1)C(=O)N1C[C@H](OC(F)(F)F)C[C@@H]1C. The number of anilines is 1. The van der Waals surface area contributed by atoms with Crippen LogP contribution in [0.2, 0.25) is 0 Å². The monoisotopic (exact) mass is 402 g/mol. The topological polar surface area (TPSA) is 67.4 Å². The molecule has 1 N–H and O–H groups in total. The highest BCUT2D eigenvalue weighted by atomic mass is 19.4. The van der Waals surface area contributed by atoms with Crippen LogP contribution < -0.4 is 5.32 Å². The second kappa shape index (κ2) is 6.27. The zero-order valence-electron chi connectivity index (χ0n) is 15.6. The number of halogens is 4. The van der Waals surface area contributed by atoms with Gasteiger partial charge in [0.1, 0.15) is 23.9 Å². The lowest BCUT2D eigenvalue weighted by Gasteiger charge is -2.65. The van der Waals surface area contributed by atoms with Crippen molar-refractivity contribution in [2.45, 2.75) is 75.2 Å². The van der Waals surface area contributed by atoms with Crippen molar-refractivity contribution in [3.05, 3.63) is 18.1 Å². The molecule has 28 heavy (non-hydrogen) atoms. The molecule has 1 aromatic rings. The summed E-state index contributed by atoms with van der Waals surface area (Å²) < 4.78 is 55.1. The molecular weight excluding hydrogens is 380 g/mol. The van der Waals surface area contributed by atoms with E-state index in [1.54, 1.807) is 19.9 Å². The van der Waals surface area contributed by atoms with Crippen LogP contribution in [0.25, 0.3) is 0 Å². The van der Waals surface area contributed by atoms with E-state index in [1.807, 2.05) is 0 Å². The summed E-state index contributed by atoms with van der Waals surface area (Å²) in [7, 11) is 0. The van der Waals surface area contributed by atoms with Crippen molar-refractivity contribution in [2.24, 2.45) is 0 Å². The molecule has 1 aliphatic heterocycles. The summed E-state index contributed by atoms with van der Waals surface area (Å²) in [5.74, 6) is 0.118. The van der Waals surface area contributed by atoms with Crippen LogP contribution in [0.4, 0.5) is 23.4 Å². The van der Waals surface area contributed by atoms with Crippen LogP contribution in [0.3, 0.4) is 0 Å². The highest BCUT2D eigenvalue weighted by molar-refractivity contribution is 5.84. The predicted octanol–water partition coefficient (Wildman–Crippen LogP) is 2.95. The molecule has 6 nitrogen and oxygen atoms in total. The molecule has 3 aliphatic carbocycles. The van der Waals surface area contributed by atoms with E-state index >= 15 is 0 Å². The Bertz CT molecular complexity index is 767. The summed E-state index contributed by atoms with van der Waals surface area (Å²) in [6, 6.07) is 0.688. The molecule has 0 aromatic carbocycles. The fraction of sp³-hybridized carbons (Fsp3) is 0.722. The van der Waals surface area contributed by atoms with E-state index in [0.29, 0.717) is 25.1 Å². The molecule has 10 heteroatoms. The van der Waals surface area contributed by atoms with Crippen LogP contribution >= 0.6 is 0 Å². The van der Waals surface area contributed by atoms with Gasteiger partial charge in [0.15, 0.2) is 0 Å². The van der Waals surface area contributed by atoms with Gasteiger partial charge in [0.05, 0.1) is 11.8 Å². The highest BCUT2D eigenvalue weighted by Gasteiger charge is 2.70. The van der Waals surface area contributed by atoms with Crippen molar-refractivity contribution in [1.29, 1.82) is 0 Å². The van der Waals surface area contributed by atoms with Crippen molar-refractivity contribution < 1.29 is 27.1 Å². The Hall–Kier alpha value is -1.97. The fourth-order valence-electron chi connectivity index (χ4n) is 4.76. The fourth-order valence-corrected chi connectivity index (χ4v) is 4.76. The molecule has 4 fully saturated rings. The number of likely N-dealkylation sites (tertiary alicyclic amines) is 1. The first-order valence-electron chi connectivity index (χ1n) is 9.32. The van der Waals surface area contributed by atoms with Gasteiger partial charge in [-0.15, -0.1) is 13.2 Å². The number of amides is 1. The van der Waals surface area contributed by atoms with Crippen molar-refractivity contribution in [2.75, 3.05) is 11.9 Å². The molecule has 1 saturated heterocycles. The molecule has 2 heterocycles. The lowest BCUT2D eigenvalue weighted by molar-refractivity contribution is -0.340. The molecular formula is C18H22F4N4O2. The first-order valence-corrected chi connectivity index (χ1v) is 9.32. The number of alkyl halides is 4. The highest BCUT2D eigenvalue weighted by Crippen LogP contribution is 2.69. The molecule has 1 amide bonds. The van der Waals surface area contributed by atoms with Gasteiger partial charge in [0.25, 0.3) is 0 Å². The summed E-state index contributed by atoms with van der Waals surface area (Å²) in [6.45, 7) is 3.22. The molecule has 0 spiro atoms. The van der Waals surface area contributed by atoms with Crippen LogP contribution in [-0.2, 0) is 14.9 Å². The molecule has 2 bridgehead atoms. The number of nitrogens with zero attached hydrogens (tertiary/aromatic N) is 3. The summed E-state index contributed by atoms with van der Waals surface area (Å²) in [6.07, 6.45) is -2.86. The zero-order valence-corrected chi connectivity index (χ0v) is 15.6. The minimum Gasteiger partial charge on any atom is -0.359 e. The quantitative estimate of drug-likeness (QED) is 0.767. The maximum atomic E-state index is 13.8. The second-order valence-corrected chi connectivity index (χ2v) is 8.38. The maximum absolute atomic E-state index is 13.8. The van der Waals surface area contributed by atoms with E-state index < -0.39 is 24.2 Å². The number of carbonyl (C=O) groups is 1. The van der Waals surface area contributed by atoms with Gasteiger partial charge < -0.3 is 10.2 Å². The van der Waals surface area contributed by atoms with Gasteiger partial charge >= 0.3 is 6.36 Å². The van der Waals surface area contributed by atoms with E-state index in [1.165, 1.54) is 11.2 Å². The average molecular weight is 402 g/mol. The number of carbonyl (C=O) groups excluding carboxylic acids is 1. The Morgan fingerprint density at radius 2 is 2.04 bits per heavy atom. The standard InChI is InChI=1S/C18H22F4N4O2/c1-10-3-12(28-18(20,21)22)5-26(10)15(27)11(2)25-14-4-13(23-9-24-14)16-6-17(19,7-16)8-16/h4,9-12H,3,5-8H2,1-2H3,(H,23,24,25)/t10-,11+,12+,16?,17?/m0/s1. The third-order valence-corrected chi connectivity index (χ3v) is 6.03. The number of rotatable bonds is 5. The number of aromatic nitrogens is 2. The summed E-state index contributed by atoms with van der Waals surface area (Å²) >= 11 is 0. The minimum absolute atomic E-state index is 0.109. The van der Waals surface area contributed by atoms with E-state index in [0.717, 1.165) is 5.69 Å². The molecule has 4 aliphatic rings. The lowest BCUT2D eigenvalue weighted by Crippen LogP contribution is -2.67.